The molecule has 0 N–H and O–H groups in total. The Kier molecular flexibility index (Phi) is 2.42. The summed E-state index contributed by atoms with van der Waals surface area (Å²) in [5.74, 6) is -0.357. The molecule has 0 aromatic heterocycles. The number of esters is 1. The molecule has 4 heteroatoms. The average molecular weight is 253 g/mol. The number of rotatable bonds is 2. The highest BCUT2D eigenvalue weighted by Crippen LogP contribution is 2.56. The Labute approximate surface area is 105 Å². The maximum atomic E-state index is 11.8. The maximum absolute atomic E-state index is 11.8. The Morgan fingerprint density at radius 1 is 1.59 bits per heavy atom. The van der Waals surface area contributed by atoms with Crippen LogP contribution in [0.15, 0.2) is 24.3 Å². The van der Waals surface area contributed by atoms with Gasteiger partial charge in [-0.1, -0.05) is 23.7 Å². The molecule has 0 amide bonds. The van der Waals surface area contributed by atoms with E-state index in [2.05, 4.69) is 0 Å². The van der Waals surface area contributed by atoms with Crippen molar-refractivity contribution < 1.29 is 14.3 Å². The molecular formula is C13H13ClO3. The van der Waals surface area contributed by atoms with Crippen molar-refractivity contribution in [3.05, 3.63) is 34.9 Å². The topological polar surface area (TPSA) is 35.5 Å². The lowest BCUT2D eigenvalue weighted by Crippen LogP contribution is -2.52. The maximum Gasteiger partial charge on any atom is 0.312 e. The molecule has 3 nitrogen and oxygen atoms in total. The quantitative estimate of drug-likeness (QED) is 0.757. The standard InChI is InChI=1S/C13H13ClO3/c1-16-12(15)11-10-6-13(11,7-17-10)8-3-2-4-9(14)5-8/h2-5,10-11H,6-7H2,1H3/t10-,11+,13-/m1/s1. The zero-order valence-electron chi connectivity index (χ0n) is 9.48. The highest BCUT2D eigenvalue weighted by molar-refractivity contribution is 6.30. The van der Waals surface area contributed by atoms with Gasteiger partial charge in [0, 0.05) is 10.4 Å². The second-order valence-corrected chi connectivity index (χ2v) is 5.16. The van der Waals surface area contributed by atoms with Crippen LogP contribution in [0, 0.1) is 5.92 Å². The van der Waals surface area contributed by atoms with Crippen molar-refractivity contribution in [2.75, 3.05) is 13.7 Å². The molecule has 1 aliphatic carbocycles. The van der Waals surface area contributed by atoms with E-state index in [0.29, 0.717) is 11.6 Å². The van der Waals surface area contributed by atoms with E-state index in [1.165, 1.54) is 7.11 Å². The second kappa shape index (κ2) is 3.72. The van der Waals surface area contributed by atoms with Gasteiger partial charge in [-0.2, -0.15) is 0 Å². The number of fused-ring (bicyclic) bond motifs is 1. The van der Waals surface area contributed by atoms with E-state index in [1.807, 2.05) is 24.3 Å². The van der Waals surface area contributed by atoms with E-state index in [0.717, 1.165) is 12.0 Å². The Bertz CT molecular complexity index is 469. The van der Waals surface area contributed by atoms with Crippen LogP contribution in [-0.2, 0) is 19.7 Å². The third kappa shape index (κ3) is 1.42. The highest BCUT2D eigenvalue weighted by atomic mass is 35.5. The van der Waals surface area contributed by atoms with Crippen LogP contribution in [0.3, 0.4) is 0 Å². The molecule has 0 spiro atoms. The molecule has 90 valence electrons. The minimum atomic E-state index is -0.220. The van der Waals surface area contributed by atoms with Crippen LogP contribution in [0.4, 0.5) is 0 Å². The second-order valence-electron chi connectivity index (χ2n) is 4.72. The SMILES string of the molecule is COC(=O)[C@@H]1[C@H]2C[C@]1(c1cccc(Cl)c1)CO2. The van der Waals surface area contributed by atoms with E-state index in [4.69, 9.17) is 21.1 Å². The van der Waals surface area contributed by atoms with Crippen molar-refractivity contribution in [1.82, 2.24) is 0 Å². The Balaban J connectivity index is 1.99. The van der Waals surface area contributed by atoms with Gasteiger partial charge in [-0.25, -0.2) is 0 Å². The molecule has 1 aromatic rings. The molecule has 3 aliphatic rings. The first-order valence-electron chi connectivity index (χ1n) is 5.63. The summed E-state index contributed by atoms with van der Waals surface area (Å²) >= 11 is 6.01. The predicted molar refractivity (Wildman–Crippen MR) is 63.0 cm³/mol. The molecule has 2 bridgehead atoms. The zero-order chi connectivity index (χ0) is 12.0. The number of hydrogen-bond donors (Lipinski definition) is 0. The Morgan fingerprint density at radius 3 is 3.06 bits per heavy atom. The zero-order valence-corrected chi connectivity index (χ0v) is 10.2. The van der Waals surface area contributed by atoms with Crippen molar-refractivity contribution in [2.24, 2.45) is 5.92 Å². The number of ether oxygens (including phenoxy) is 2. The molecule has 0 radical (unpaired) electrons. The number of carbonyl (C=O) groups is 1. The van der Waals surface area contributed by atoms with Gasteiger partial charge in [0.15, 0.2) is 0 Å². The van der Waals surface area contributed by atoms with Crippen molar-refractivity contribution in [3.63, 3.8) is 0 Å². The molecule has 1 saturated carbocycles. The van der Waals surface area contributed by atoms with Crippen molar-refractivity contribution in [2.45, 2.75) is 17.9 Å². The molecule has 3 fully saturated rings. The first-order valence-corrected chi connectivity index (χ1v) is 6.01. The Morgan fingerprint density at radius 2 is 2.41 bits per heavy atom. The summed E-state index contributed by atoms with van der Waals surface area (Å²) < 4.78 is 10.5. The number of benzene rings is 1. The monoisotopic (exact) mass is 252 g/mol. The van der Waals surface area contributed by atoms with Crippen LogP contribution in [0.2, 0.25) is 5.02 Å². The molecule has 2 aliphatic heterocycles. The van der Waals surface area contributed by atoms with E-state index in [-0.39, 0.29) is 23.4 Å². The summed E-state index contributed by atoms with van der Waals surface area (Å²) in [4.78, 5) is 11.8. The van der Waals surface area contributed by atoms with Crippen LogP contribution in [-0.4, -0.2) is 25.8 Å². The van der Waals surface area contributed by atoms with E-state index in [1.54, 1.807) is 0 Å². The summed E-state index contributed by atoms with van der Waals surface area (Å²) in [6.07, 6.45) is 0.897. The van der Waals surface area contributed by atoms with Crippen LogP contribution in [0.5, 0.6) is 0 Å². The smallest absolute Gasteiger partial charge is 0.312 e. The first kappa shape index (κ1) is 11.1. The summed E-state index contributed by atoms with van der Waals surface area (Å²) in [6, 6.07) is 7.67. The number of halogens is 1. The third-order valence-corrected chi connectivity index (χ3v) is 4.18. The van der Waals surface area contributed by atoms with Gasteiger partial charge >= 0.3 is 5.97 Å². The summed E-state index contributed by atoms with van der Waals surface area (Å²) in [5.41, 5.74) is 0.858. The summed E-state index contributed by atoms with van der Waals surface area (Å²) in [6.45, 7) is 0.581. The minimum Gasteiger partial charge on any atom is -0.469 e. The van der Waals surface area contributed by atoms with Crippen LogP contribution in [0.1, 0.15) is 12.0 Å². The lowest BCUT2D eigenvalue weighted by Gasteiger charge is -2.43. The molecule has 0 unspecified atom stereocenters. The van der Waals surface area contributed by atoms with Crippen molar-refractivity contribution in [3.8, 4) is 0 Å². The molecule has 3 atom stereocenters. The molecule has 2 saturated heterocycles. The highest BCUT2D eigenvalue weighted by Gasteiger charge is 2.65. The van der Waals surface area contributed by atoms with Gasteiger partial charge in [0.1, 0.15) is 0 Å². The average Bonchev–Trinajstić information content (AvgIpc) is 2.88. The fourth-order valence-electron chi connectivity index (χ4n) is 3.04. The van der Waals surface area contributed by atoms with E-state index in [9.17, 15) is 4.79 Å². The fourth-order valence-corrected chi connectivity index (χ4v) is 3.23. The van der Waals surface area contributed by atoms with Crippen LogP contribution >= 0.6 is 11.6 Å². The van der Waals surface area contributed by atoms with Gasteiger partial charge in [-0.15, -0.1) is 0 Å². The van der Waals surface area contributed by atoms with Gasteiger partial charge < -0.3 is 9.47 Å². The van der Waals surface area contributed by atoms with Gasteiger partial charge in [-0.3, -0.25) is 4.79 Å². The van der Waals surface area contributed by atoms with Gasteiger partial charge in [0.2, 0.25) is 0 Å². The lowest BCUT2D eigenvalue weighted by atomic mass is 9.57. The summed E-state index contributed by atoms with van der Waals surface area (Å²) in [7, 11) is 1.42. The van der Waals surface area contributed by atoms with Gasteiger partial charge in [-0.05, 0) is 24.1 Å². The largest absolute Gasteiger partial charge is 0.469 e. The molecular weight excluding hydrogens is 240 g/mol. The molecule has 17 heavy (non-hydrogen) atoms. The minimum absolute atomic E-state index is 0.0152. The summed E-state index contributed by atoms with van der Waals surface area (Å²) in [5, 5.41) is 0.691. The van der Waals surface area contributed by atoms with Gasteiger partial charge in [0.25, 0.3) is 0 Å². The van der Waals surface area contributed by atoms with Crippen molar-refractivity contribution >= 4 is 17.6 Å². The molecule has 4 rings (SSSR count). The first-order chi connectivity index (χ1) is 8.17. The normalized spacial score (nSPS) is 34.2. The van der Waals surface area contributed by atoms with Gasteiger partial charge in [0.05, 0.1) is 25.7 Å². The number of carbonyl (C=O) groups excluding carboxylic acids is 1. The number of methoxy groups -OCH3 is 1. The fraction of sp³-hybridized carbons (Fsp3) is 0.462. The van der Waals surface area contributed by atoms with E-state index >= 15 is 0 Å². The van der Waals surface area contributed by atoms with Crippen molar-refractivity contribution in [1.29, 1.82) is 0 Å². The van der Waals surface area contributed by atoms with Crippen LogP contribution in [0.25, 0.3) is 0 Å². The third-order valence-electron chi connectivity index (χ3n) is 3.94. The molecule has 1 aromatic carbocycles. The number of hydrogen-bond acceptors (Lipinski definition) is 3. The van der Waals surface area contributed by atoms with E-state index < -0.39 is 0 Å². The predicted octanol–water partition coefficient (Wildman–Crippen LogP) is 2.17. The Hall–Kier alpha value is -1.06. The lowest BCUT2D eigenvalue weighted by molar-refractivity contribution is -0.154. The van der Waals surface area contributed by atoms with Crippen LogP contribution < -0.4 is 0 Å². The molecule has 2 heterocycles.